The number of benzene rings is 1. The van der Waals surface area contributed by atoms with Crippen LogP contribution in [0, 0.1) is 5.92 Å². The molecular weight excluding hydrogens is 370 g/mol. The molecule has 1 aromatic carbocycles. The minimum absolute atomic E-state index is 0.00524. The molecule has 4 rings (SSSR count). The highest BCUT2D eigenvalue weighted by Crippen LogP contribution is 2.33. The quantitative estimate of drug-likeness (QED) is 0.861. The summed E-state index contributed by atoms with van der Waals surface area (Å²) in [5.74, 6) is 1.46. The maximum Gasteiger partial charge on any atom is 0.253 e. The van der Waals surface area contributed by atoms with Gasteiger partial charge in [0.2, 0.25) is 5.91 Å². The summed E-state index contributed by atoms with van der Waals surface area (Å²) >= 11 is 0. The number of nitrogens with zero attached hydrogens (tertiary/aromatic N) is 2. The van der Waals surface area contributed by atoms with Crippen molar-refractivity contribution in [2.24, 2.45) is 5.92 Å². The van der Waals surface area contributed by atoms with Gasteiger partial charge >= 0.3 is 0 Å². The van der Waals surface area contributed by atoms with Crippen LogP contribution in [0.4, 0.5) is 0 Å². The van der Waals surface area contributed by atoms with Gasteiger partial charge in [-0.15, -0.1) is 0 Å². The molecule has 1 atom stereocenters. The van der Waals surface area contributed by atoms with Gasteiger partial charge in [0.15, 0.2) is 11.5 Å². The number of rotatable bonds is 4. The zero-order chi connectivity index (χ0) is 20.2. The van der Waals surface area contributed by atoms with Crippen molar-refractivity contribution in [3.05, 3.63) is 53.9 Å². The molecule has 0 bridgehead atoms. The Morgan fingerprint density at radius 2 is 1.86 bits per heavy atom. The van der Waals surface area contributed by atoms with Crippen LogP contribution in [0.3, 0.4) is 0 Å². The number of piperidine rings is 1. The average molecular weight is 395 g/mol. The summed E-state index contributed by atoms with van der Waals surface area (Å²) in [6.07, 6.45) is 3.35. The van der Waals surface area contributed by atoms with E-state index in [1.807, 2.05) is 23.1 Å². The van der Waals surface area contributed by atoms with Crippen molar-refractivity contribution in [1.29, 1.82) is 0 Å². The Bertz CT molecular complexity index is 879. The van der Waals surface area contributed by atoms with Crippen LogP contribution in [0.2, 0.25) is 0 Å². The third kappa shape index (κ3) is 4.34. The fraction of sp³-hybridized carbons (Fsp3) is 0.409. The van der Waals surface area contributed by atoms with Gasteiger partial charge in [-0.2, -0.15) is 0 Å². The number of carbonyl (C=O) groups is 2. The van der Waals surface area contributed by atoms with Crippen molar-refractivity contribution in [3.8, 4) is 11.5 Å². The molecule has 1 saturated heterocycles. The number of likely N-dealkylation sites (tertiary alicyclic amines) is 1. The van der Waals surface area contributed by atoms with Gasteiger partial charge in [0.05, 0.1) is 11.7 Å². The van der Waals surface area contributed by atoms with Crippen LogP contribution in [0.1, 0.15) is 41.9 Å². The topological polar surface area (TPSA) is 80.8 Å². The molecule has 1 unspecified atom stereocenters. The van der Waals surface area contributed by atoms with E-state index in [1.54, 1.807) is 24.4 Å². The Hall–Kier alpha value is -3.09. The third-order valence-electron chi connectivity index (χ3n) is 5.45. The number of carbonyl (C=O) groups excluding carboxylic acids is 2. The molecular formula is C22H25N3O4. The Morgan fingerprint density at radius 1 is 1.10 bits per heavy atom. The maximum absolute atomic E-state index is 13.0. The predicted molar refractivity (Wildman–Crippen MR) is 107 cm³/mol. The van der Waals surface area contributed by atoms with Crippen LogP contribution < -0.4 is 14.8 Å². The maximum atomic E-state index is 13.0. The van der Waals surface area contributed by atoms with Crippen LogP contribution in [-0.2, 0) is 4.79 Å². The molecule has 3 heterocycles. The molecule has 2 aliphatic heterocycles. The summed E-state index contributed by atoms with van der Waals surface area (Å²) in [6, 6.07) is 10.9. The minimum atomic E-state index is -0.139. The van der Waals surface area contributed by atoms with Crippen LogP contribution in [0.5, 0.6) is 11.5 Å². The number of amides is 2. The second-order valence-electron chi connectivity index (χ2n) is 7.42. The lowest BCUT2D eigenvalue weighted by atomic mass is 9.87. The van der Waals surface area contributed by atoms with E-state index in [2.05, 4.69) is 10.3 Å². The molecule has 152 valence electrons. The van der Waals surface area contributed by atoms with Gasteiger partial charge in [0.25, 0.3) is 5.91 Å². The molecule has 1 fully saturated rings. The average Bonchev–Trinajstić information content (AvgIpc) is 2.77. The highest BCUT2D eigenvalue weighted by atomic mass is 16.6. The monoisotopic (exact) mass is 395 g/mol. The lowest BCUT2D eigenvalue weighted by Gasteiger charge is -2.36. The predicted octanol–water partition coefficient (Wildman–Crippen LogP) is 2.58. The Labute approximate surface area is 170 Å². The summed E-state index contributed by atoms with van der Waals surface area (Å²) in [6.45, 7) is 3.83. The SMILES string of the molecule is CC(=O)NC(c1ccccn1)C1CCN(C(=O)c2ccc3c(c2)OCCO3)CC1. The molecule has 2 aliphatic rings. The van der Waals surface area contributed by atoms with E-state index in [0.29, 0.717) is 43.4 Å². The second kappa shape index (κ2) is 8.51. The van der Waals surface area contributed by atoms with Crippen molar-refractivity contribution in [1.82, 2.24) is 15.2 Å². The van der Waals surface area contributed by atoms with Crippen LogP contribution in [-0.4, -0.2) is 48.0 Å². The van der Waals surface area contributed by atoms with E-state index in [-0.39, 0.29) is 23.8 Å². The lowest BCUT2D eigenvalue weighted by Crippen LogP contribution is -2.43. The summed E-state index contributed by atoms with van der Waals surface area (Å²) in [4.78, 5) is 31.0. The lowest BCUT2D eigenvalue weighted by molar-refractivity contribution is -0.120. The molecule has 29 heavy (non-hydrogen) atoms. The first kappa shape index (κ1) is 19.2. The fourth-order valence-electron chi connectivity index (χ4n) is 4.01. The fourth-order valence-corrected chi connectivity index (χ4v) is 4.01. The number of hydrogen-bond donors (Lipinski definition) is 1. The van der Waals surface area contributed by atoms with Crippen LogP contribution in [0.25, 0.3) is 0 Å². The van der Waals surface area contributed by atoms with Gasteiger partial charge in [0.1, 0.15) is 13.2 Å². The Morgan fingerprint density at radius 3 is 2.55 bits per heavy atom. The van der Waals surface area contributed by atoms with Crippen LogP contribution in [0.15, 0.2) is 42.6 Å². The highest BCUT2D eigenvalue weighted by molar-refractivity contribution is 5.95. The number of fused-ring (bicyclic) bond motifs is 1. The zero-order valence-electron chi connectivity index (χ0n) is 16.5. The number of nitrogens with one attached hydrogen (secondary N) is 1. The second-order valence-corrected chi connectivity index (χ2v) is 7.42. The first-order valence-corrected chi connectivity index (χ1v) is 9.99. The van der Waals surface area contributed by atoms with Crippen molar-refractivity contribution in [3.63, 3.8) is 0 Å². The smallest absolute Gasteiger partial charge is 0.253 e. The summed E-state index contributed by atoms with van der Waals surface area (Å²) in [7, 11) is 0. The molecule has 2 amide bonds. The van der Waals surface area contributed by atoms with Gasteiger partial charge in [-0.3, -0.25) is 14.6 Å². The van der Waals surface area contributed by atoms with Crippen molar-refractivity contribution >= 4 is 11.8 Å². The molecule has 1 aromatic heterocycles. The number of pyridine rings is 1. The molecule has 2 aromatic rings. The number of ether oxygens (including phenoxy) is 2. The van der Waals surface area contributed by atoms with E-state index in [0.717, 1.165) is 18.5 Å². The molecule has 1 N–H and O–H groups in total. The van der Waals surface area contributed by atoms with Crippen molar-refractivity contribution < 1.29 is 19.1 Å². The van der Waals surface area contributed by atoms with Gasteiger partial charge in [-0.05, 0) is 49.1 Å². The molecule has 0 spiro atoms. The van der Waals surface area contributed by atoms with E-state index in [9.17, 15) is 9.59 Å². The first-order chi connectivity index (χ1) is 14.1. The molecule has 0 radical (unpaired) electrons. The highest BCUT2D eigenvalue weighted by Gasteiger charge is 2.31. The number of aromatic nitrogens is 1. The molecule has 7 heteroatoms. The third-order valence-corrected chi connectivity index (χ3v) is 5.45. The van der Waals surface area contributed by atoms with E-state index >= 15 is 0 Å². The minimum Gasteiger partial charge on any atom is -0.486 e. The van der Waals surface area contributed by atoms with Gasteiger partial charge in [-0.25, -0.2) is 0 Å². The zero-order valence-corrected chi connectivity index (χ0v) is 16.5. The Kier molecular flexibility index (Phi) is 5.64. The largest absolute Gasteiger partial charge is 0.486 e. The first-order valence-electron chi connectivity index (χ1n) is 9.99. The van der Waals surface area contributed by atoms with Crippen molar-refractivity contribution in [2.45, 2.75) is 25.8 Å². The molecule has 0 saturated carbocycles. The van der Waals surface area contributed by atoms with Gasteiger partial charge < -0.3 is 19.7 Å². The van der Waals surface area contributed by atoms with Gasteiger partial charge in [0, 0.05) is 31.8 Å². The summed E-state index contributed by atoms with van der Waals surface area (Å²) in [5, 5.41) is 3.04. The summed E-state index contributed by atoms with van der Waals surface area (Å²) < 4.78 is 11.1. The summed E-state index contributed by atoms with van der Waals surface area (Å²) in [5.41, 5.74) is 1.47. The standard InChI is InChI=1S/C22H25N3O4/c1-15(26)24-21(18-4-2-3-9-23-18)16-7-10-25(11-8-16)22(27)17-5-6-19-20(14-17)29-13-12-28-19/h2-6,9,14,16,21H,7-8,10-13H2,1H3,(H,24,26). The number of hydrogen-bond acceptors (Lipinski definition) is 5. The normalized spacial score (nSPS) is 17.5. The molecule has 0 aliphatic carbocycles. The van der Waals surface area contributed by atoms with Crippen LogP contribution >= 0.6 is 0 Å². The molecule has 7 nitrogen and oxygen atoms in total. The van der Waals surface area contributed by atoms with E-state index in [1.165, 1.54) is 6.92 Å². The van der Waals surface area contributed by atoms with Gasteiger partial charge in [-0.1, -0.05) is 6.07 Å². The van der Waals surface area contributed by atoms with E-state index < -0.39 is 0 Å². The van der Waals surface area contributed by atoms with Crippen molar-refractivity contribution in [2.75, 3.05) is 26.3 Å². The Balaban J connectivity index is 1.43. The van der Waals surface area contributed by atoms with E-state index in [4.69, 9.17) is 9.47 Å².